The highest BCUT2D eigenvalue weighted by molar-refractivity contribution is 14.1. The van der Waals surface area contributed by atoms with Crippen molar-refractivity contribution in [3.05, 3.63) is 21.5 Å². The zero-order valence-corrected chi connectivity index (χ0v) is 7.08. The van der Waals surface area contributed by atoms with Crippen molar-refractivity contribution in [1.82, 2.24) is 4.98 Å². The van der Waals surface area contributed by atoms with Crippen molar-refractivity contribution >= 4 is 22.6 Å². The Hall–Kier alpha value is -0.320. The normalized spacial score (nSPS) is 9.56. The maximum atomic E-state index is 9.14. The molecule has 0 fully saturated rings. The minimum absolute atomic E-state index is 0.290. The third-order valence-corrected chi connectivity index (χ3v) is 1.87. The molecule has 0 atom stereocenters. The number of rotatable bonds is 0. The Morgan fingerprint density at radius 3 is 2.78 bits per heavy atom. The summed E-state index contributed by atoms with van der Waals surface area (Å²) in [6.45, 7) is 1.85. The average Bonchev–Trinajstić information content (AvgIpc) is 1.83. The van der Waals surface area contributed by atoms with E-state index in [1.54, 1.807) is 12.3 Å². The van der Waals surface area contributed by atoms with Gasteiger partial charge in [-0.1, -0.05) is 0 Å². The van der Waals surface area contributed by atoms with Gasteiger partial charge < -0.3 is 5.11 Å². The maximum Gasteiger partial charge on any atom is 0.150 e. The molecule has 0 aliphatic rings. The first-order valence-electron chi connectivity index (χ1n) is 2.52. The molecule has 0 spiro atoms. The molecule has 3 heteroatoms. The first-order chi connectivity index (χ1) is 4.22. The lowest BCUT2D eigenvalue weighted by molar-refractivity contribution is 0.464. The first-order valence-corrected chi connectivity index (χ1v) is 3.60. The van der Waals surface area contributed by atoms with Gasteiger partial charge in [0.2, 0.25) is 0 Å². The fourth-order valence-electron chi connectivity index (χ4n) is 0.517. The van der Waals surface area contributed by atoms with E-state index in [1.165, 1.54) is 0 Å². The Bertz CT molecular complexity index is 204. The fourth-order valence-corrected chi connectivity index (χ4v) is 1.10. The van der Waals surface area contributed by atoms with Crippen LogP contribution in [0.3, 0.4) is 0 Å². The second-order valence-electron chi connectivity index (χ2n) is 1.77. The molecular weight excluding hydrogens is 229 g/mol. The van der Waals surface area contributed by atoms with Crippen LogP contribution in [-0.4, -0.2) is 10.1 Å². The first kappa shape index (κ1) is 6.80. The molecular formula is C6H6INO. The second-order valence-corrected chi connectivity index (χ2v) is 2.79. The lowest BCUT2D eigenvalue weighted by Gasteiger charge is -1.96. The van der Waals surface area contributed by atoms with Crippen LogP contribution < -0.4 is 0 Å². The van der Waals surface area contributed by atoms with Gasteiger partial charge in [-0.15, -0.1) is 0 Å². The highest BCUT2D eigenvalue weighted by atomic mass is 127. The van der Waals surface area contributed by atoms with Gasteiger partial charge in [-0.3, -0.25) is 0 Å². The van der Waals surface area contributed by atoms with E-state index in [4.69, 9.17) is 5.11 Å². The van der Waals surface area contributed by atoms with Gasteiger partial charge in [-0.2, -0.15) is 0 Å². The standard InChI is InChI=1S/C6H6INO/c1-4-2-3-8-6(7)5(4)9/h2-3,9H,1H3. The van der Waals surface area contributed by atoms with Crippen molar-refractivity contribution in [2.24, 2.45) is 0 Å². The minimum Gasteiger partial charge on any atom is -0.505 e. The number of aromatic nitrogens is 1. The van der Waals surface area contributed by atoms with Crippen LogP contribution in [0.2, 0.25) is 0 Å². The van der Waals surface area contributed by atoms with Crippen molar-refractivity contribution in [1.29, 1.82) is 0 Å². The molecule has 0 saturated carbocycles. The molecule has 1 heterocycles. The Labute approximate surface area is 67.1 Å². The molecule has 0 saturated heterocycles. The van der Waals surface area contributed by atoms with E-state index < -0.39 is 0 Å². The topological polar surface area (TPSA) is 33.1 Å². The van der Waals surface area contributed by atoms with Crippen LogP contribution >= 0.6 is 22.6 Å². The summed E-state index contributed by atoms with van der Waals surface area (Å²) in [5, 5.41) is 9.14. The van der Waals surface area contributed by atoms with Crippen molar-refractivity contribution in [3.63, 3.8) is 0 Å². The van der Waals surface area contributed by atoms with Gasteiger partial charge >= 0.3 is 0 Å². The highest BCUT2D eigenvalue weighted by Gasteiger charge is 1.98. The molecule has 0 radical (unpaired) electrons. The SMILES string of the molecule is Cc1ccnc(I)c1O. The van der Waals surface area contributed by atoms with Crippen molar-refractivity contribution in [2.75, 3.05) is 0 Å². The van der Waals surface area contributed by atoms with Gasteiger partial charge in [0.15, 0.2) is 0 Å². The summed E-state index contributed by atoms with van der Waals surface area (Å²) in [5.74, 6) is 0.290. The van der Waals surface area contributed by atoms with Crippen LogP contribution in [0, 0.1) is 10.6 Å². The number of hydrogen-bond donors (Lipinski definition) is 1. The van der Waals surface area contributed by atoms with E-state index in [-0.39, 0.29) is 5.75 Å². The van der Waals surface area contributed by atoms with Crippen molar-refractivity contribution < 1.29 is 5.11 Å². The molecule has 1 aromatic heterocycles. The number of aromatic hydroxyl groups is 1. The molecule has 0 amide bonds. The molecule has 2 nitrogen and oxygen atoms in total. The lowest BCUT2D eigenvalue weighted by Crippen LogP contribution is -1.82. The van der Waals surface area contributed by atoms with Crippen LogP contribution in [0.4, 0.5) is 0 Å². The van der Waals surface area contributed by atoms with Crippen LogP contribution in [0.25, 0.3) is 0 Å². The molecule has 48 valence electrons. The Balaban J connectivity index is 3.25. The van der Waals surface area contributed by atoms with Gasteiger partial charge in [0.25, 0.3) is 0 Å². The maximum absolute atomic E-state index is 9.14. The molecule has 9 heavy (non-hydrogen) atoms. The van der Waals surface area contributed by atoms with Crippen molar-refractivity contribution in [3.8, 4) is 5.75 Å². The van der Waals surface area contributed by atoms with E-state index in [2.05, 4.69) is 4.98 Å². The number of pyridine rings is 1. The van der Waals surface area contributed by atoms with E-state index in [1.807, 2.05) is 29.5 Å². The monoisotopic (exact) mass is 235 g/mol. The van der Waals surface area contributed by atoms with E-state index >= 15 is 0 Å². The molecule has 0 bridgehead atoms. The lowest BCUT2D eigenvalue weighted by atomic mass is 10.3. The molecule has 1 aromatic rings. The summed E-state index contributed by atoms with van der Waals surface area (Å²) < 4.78 is 0.660. The zero-order chi connectivity index (χ0) is 6.85. The molecule has 1 N–H and O–H groups in total. The number of halogens is 1. The average molecular weight is 235 g/mol. The van der Waals surface area contributed by atoms with Gasteiger partial charge in [0, 0.05) is 6.20 Å². The largest absolute Gasteiger partial charge is 0.505 e. The molecule has 0 aromatic carbocycles. The van der Waals surface area contributed by atoms with Crippen LogP contribution in [-0.2, 0) is 0 Å². The second kappa shape index (κ2) is 2.51. The van der Waals surface area contributed by atoms with Crippen LogP contribution in [0.15, 0.2) is 12.3 Å². The highest BCUT2D eigenvalue weighted by Crippen LogP contribution is 2.19. The van der Waals surface area contributed by atoms with Crippen LogP contribution in [0.1, 0.15) is 5.56 Å². The molecule has 0 unspecified atom stereocenters. The number of aryl methyl sites for hydroxylation is 1. The molecule has 0 aliphatic carbocycles. The van der Waals surface area contributed by atoms with Gasteiger partial charge in [0.1, 0.15) is 9.45 Å². The minimum atomic E-state index is 0.290. The zero-order valence-electron chi connectivity index (χ0n) is 4.93. The summed E-state index contributed by atoms with van der Waals surface area (Å²) >= 11 is 1.99. The smallest absolute Gasteiger partial charge is 0.150 e. The van der Waals surface area contributed by atoms with E-state index in [9.17, 15) is 0 Å². The van der Waals surface area contributed by atoms with E-state index in [0.29, 0.717) is 3.70 Å². The summed E-state index contributed by atoms with van der Waals surface area (Å²) in [6, 6.07) is 1.78. The number of nitrogens with zero attached hydrogens (tertiary/aromatic N) is 1. The summed E-state index contributed by atoms with van der Waals surface area (Å²) in [5.41, 5.74) is 0.870. The van der Waals surface area contributed by atoms with Crippen molar-refractivity contribution in [2.45, 2.75) is 6.92 Å². The Morgan fingerprint density at radius 1 is 1.67 bits per heavy atom. The van der Waals surface area contributed by atoms with Gasteiger partial charge in [-0.05, 0) is 41.1 Å². The predicted molar refractivity (Wildman–Crippen MR) is 43.4 cm³/mol. The molecule has 1 rings (SSSR count). The van der Waals surface area contributed by atoms with E-state index in [0.717, 1.165) is 5.56 Å². The Kier molecular flexibility index (Phi) is 1.90. The summed E-state index contributed by atoms with van der Waals surface area (Å²) in [7, 11) is 0. The number of hydrogen-bond acceptors (Lipinski definition) is 2. The molecule has 0 aliphatic heterocycles. The predicted octanol–water partition coefficient (Wildman–Crippen LogP) is 1.70. The van der Waals surface area contributed by atoms with Crippen LogP contribution in [0.5, 0.6) is 5.75 Å². The Morgan fingerprint density at radius 2 is 2.33 bits per heavy atom. The van der Waals surface area contributed by atoms with Gasteiger partial charge in [0.05, 0.1) is 0 Å². The third-order valence-electron chi connectivity index (χ3n) is 1.08. The quantitative estimate of drug-likeness (QED) is 0.548. The van der Waals surface area contributed by atoms with Gasteiger partial charge in [-0.25, -0.2) is 4.98 Å². The summed E-state index contributed by atoms with van der Waals surface area (Å²) in [6.07, 6.45) is 1.68. The fraction of sp³-hybridized carbons (Fsp3) is 0.167. The third kappa shape index (κ3) is 1.32. The summed E-state index contributed by atoms with van der Waals surface area (Å²) in [4.78, 5) is 3.88.